The van der Waals surface area contributed by atoms with Gasteiger partial charge in [0.05, 0.1) is 0 Å². The molecule has 0 aromatic heterocycles. The van der Waals surface area contributed by atoms with E-state index in [0.29, 0.717) is 0 Å². The minimum absolute atomic E-state index is 0. The summed E-state index contributed by atoms with van der Waals surface area (Å²) in [4.78, 5) is 0. The zero-order chi connectivity index (χ0) is 2.71. The van der Waals surface area contributed by atoms with Gasteiger partial charge in [-0.15, -0.1) is 0 Å². The smallest absolute Gasteiger partial charge is 0 e. The summed E-state index contributed by atoms with van der Waals surface area (Å²) < 4.78 is 0. The molecule has 0 aromatic rings. The summed E-state index contributed by atoms with van der Waals surface area (Å²) in [6.07, 6.45) is 1.25. The van der Waals surface area contributed by atoms with E-state index >= 15 is 0 Å². The molecule has 0 nitrogen and oxygen atoms in total. The van der Waals surface area contributed by atoms with Gasteiger partial charge in [0, 0.05) is 18.6 Å². The monoisotopic (exact) mass is 95.0 g/mol. The molecule has 0 aliphatic carbocycles. The van der Waals surface area contributed by atoms with Crippen LogP contribution in [-0.4, -0.2) is 0 Å². The quantitative estimate of drug-likeness (QED) is 0.426. The summed E-state index contributed by atoms with van der Waals surface area (Å²) in [7, 11) is 0. The maximum absolute atomic E-state index is 2.12. The van der Waals surface area contributed by atoms with E-state index in [1.807, 2.05) is 0 Å². The maximum Gasteiger partial charge on any atom is 0 e. The average Bonchev–Trinajstić information content (AvgIpc) is 0.918. The molecule has 0 rings (SSSR count). The van der Waals surface area contributed by atoms with Gasteiger partial charge in [-0.25, -0.2) is 0 Å². The molecule has 1 radical (unpaired) electrons. The third kappa shape index (κ3) is 19.0. The van der Waals surface area contributed by atoms with Crippen molar-refractivity contribution in [2.75, 3.05) is 0 Å². The van der Waals surface area contributed by atoms with Crippen molar-refractivity contribution in [2.24, 2.45) is 0 Å². The second-order valence-corrected chi connectivity index (χ2v) is 0.707. The molecule has 0 spiro atoms. The third-order valence-electron chi connectivity index (χ3n) is 0. The summed E-state index contributed by atoms with van der Waals surface area (Å²) in [6, 6.07) is 0. The van der Waals surface area contributed by atoms with Gasteiger partial charge in [0.15, 0.2) is 0 Å². The van der Waals surface area contributed by atoms with Crippen LogP contribution >= 0.6 is 0 Å². The minimum atomic E-state index is 0. The van der Waals surface area contributed by atoms with Crippen LogP contribution in [0.4, 0.5) is 0 Å². The molecule has 25 valence electrons. The molecule has 0 saturated carbocycles. The standard InChI is InChI=1S/C3H8.V/c1-3-2;/h3H2,1-2H3;. The van der Waals surface area contributed by atoms with Gasteiger partial charge in [-0.1, -0.05) is 20.3 Å². The Morgan fingerprint density at radius 3 is 1.25 bits per heavy atom. The Morgan fingerprint density at radius 1 is 1.25 bits per heavy atom. The van der Waals surface area contributed by atoms with Gasteiger partial charge in [-0.2, -0.15) is 0 Å². The van der Waals surface area contributed by atoms with Gasteiger partial charge in [-0.3, -0.25) is 0 Å². The molecule has 0 N–H and O–H groups in total. The average molecular weight is 95.0 g/mol. The van der Waals surface area contributed by atoms with Gasteiger partial charge in [0.25, 0.3) is 0 Å². The summed E-state index contributed by atoms with van der Waals surface area (Å²) in [5.41, 5.74) is 0. The predicted octanol–water partition coefficient (Wildman–Crippen LogP) is 1.41. The molecule has 0 atom stereocenters. The van der Waals surface area contributed by atoms with Crippen molar-refractivity contribution in [3.8, 4) is 0 Å². The van der Waals surface area contributed by atoms with Crippen LogP contribution < -0.4 is 0 Å². The van der Waals surface area contributed by atoms with Crippen molar-refractivity contribution >= 4 is 0 Å². The first-order valence-electron chi connectivity index (χ1n) is 1.41. The van der Waals surface area contributed by atoms with Crippen LogP contribution in [0.5, 0.6) is 0 Å². The van der Waals surface area contributed by atoms with E-state index < -0.39 is 0 Å². The Balaban J connectivity index is 0. The first-order chi connectivity index (χ1) is 1.41. The minimum Gasteiger partial charge on any atom is -0.0656 e. The fourth-order valence-electron chi connectivity index (χ4n) is 0. The normalized spacial score (nSPS) is 4.50. The van der Waals surface area contributed by atoms with Gasteiger partial charge in [0.1, 0.15) is 0 Å². The molecule has 0 aliphatic rings. The molecule has 0 aliphatic heterocycles. The van der Waals surface area contributed by atoms with Crippen molar-refractivity contribution < 1.29 is 18.6 Å². The maximum atomic E-state index is 2.12. The Kier molecular flexibility index (Phi) is 21.0. The molecule has 0 aromatic carbocycles. The van der Waals surface area contributed by atoms with Gasteiger partial charge in [-0.05, 0) is 0 Å². The number of hydrogen-bond donors (Lipinski definition) is 0. The van der Waals surface area contributed by atoms with Crippen LogP contribution in [0.1, 0.15) is 20.3 Å². The van der Waals surface area contributed by atoms with Gasteiger partial charge >= 0.3 is 0 Å². The molecule has 0 unspecified atom stereocenters. The van der Waals surface area contributed by atoms with E-state index in [1.165, 1.54) is 6.42 Å². The zero-order valence-corrected chi connectivity index (χ0v) is 4.55. The van der Waals surface area contributed by atoms with Crippen molar-refractivity contribution in [1.82, 2.24) is 0 Å². The molecule has 0 amide bonds. The Labute approximate surface area is 39.5 Å². The SMILES string of the molecule is CCC.[V]. The molecule has 4 heavy (non-hydrogen) atoms. The topological polar surface area (TPSA) is 0 Å². The van der Waals surface area contributed by atoms with Crippen molar-refractivity contribution in [3.05, 3.63) is 0 Å². The van der Waals surface area contributed by atoms with Crippen LogP contribution in [0.15, 0.2) is 0 Å². The van der Waals surface area contributed by atoms with E-state index in [-0.39, 0.29) is 18.6 Å². The fourth-order valence-corrected chi connectivity index (χ4v) is 0. The van der Waals surface area contributed by atoms with E-state index in [0.717, 1.165) is 0 Å². The third-order valence-corrected chi connectivity index (χ3v) is 0. The number of rotatable bonds is 0. The largest absolute Gasteiger partial charge is 0.0656 e. The number of hydrogen-bond acceptors (Lipinski definition) is 0. The summed E-state index contributed by atoms with van der Waals surface area (Å²) in [5, 5.41) is 0. The zero-order valence-electron chi connectivity index (χ0n) is 3.15. The predicted molar refractivity (Wildman–Crippen MR) is 16.0 cm³/mol. The van der Waals surface area contributed by atoms with E-state index in [9.17, 15) is 0 Å². The molecule has 1 heteroatoms. The van der Waals surface area contributed by atoms with Gasteiger partial charge < -0.3 is 0 Å². The van der Waals surface area contributed by atoms with Crippen molar-refractivity contribution in [2.45, 2.75) is 20.3 Å². The van der Waals surface area contributed by atoms with Crippen molar-refractivity contribution in [3.63, 3.8) is 0 Å². The summed E-state index contributed by atoms with van der Waals surface area (Å²) in [6.45, 7) is 4.25. The fraction of sp³-hybridized carbons (Fsp3) is 1.00. The first-order valence-corrected chi connectivity index (χ1v) is 1.41. The van der Waals surface area contributed by atoms with Crippen LogP contribution in [0.25, 0.3) is 0 Å². The van der Waals surface area contributed by atoms with Crippen LogP contribution in [0, 0.1) is 0 Å². The van der Waals surface area contributed by atoms with E-state index in [4.69, 9.17) is 0 Å². The Bertz CT molecular complexity index is 3.25. The van der Waals surface area contributed by atoms with E-state index in [2.05, 4.69) is 13.8 Å². The van der Waals surface area contributed by atoms with Gasteiger partial charge in [0.2, 0.25) is 0 Å². The summed E-state index contributed by atoms with van der Waals surface area (Å²) in [5.74, 6) is 0. The van der Waals surface area contributed by atoms with E-state index in [1.54, 1.807) is 0 Å². The van der Waals surface area contributed by atoms with Crippen LogP contribution in [-0.2, 0) is 18.6 Å². The Hall–Kier alpha value is 0.584. The van der Waals surface area contributed by atoms with Crippen molar-refractivity contribution in [1.29, 1.82) is 0 Å². The van der Waals surface area contributed by atoms with Crippen LogP contribution in [0.3, 0.4) is 0 Å². The van der Waals surface area contributed by atoms with Crippen LogP contribution in [0.2, 0.25) is 0 Å². The second-order valence-electron chi connectivity index (χ2n) is 0.707. The first kappa shape index (κ1) is 8.82. The second kappa shape index (κ2) is 9.54. The molecule has 0 bridgehead atoms. The summed E-state index contributed by atoms with van der Waals surface area (Å²) >= 11 is 0. The molecule has 0 fully saturated rings. The molecule has 0 heterocycles. The molecule has 0 saturated heterocycles. The molecular weight excluding hydrogens is 87.0 g/mol. The Morgan fingerprint density at radius 2 is 1.25 bits per heavy atom. The molecular formula is C3H8V.